The van der Waals surface area contributed by atoms with Crippen molar-refractivity contribution in [2.75, 3.05) is 18.5 Å². The summed E-state index contributed by atoms with van der Waals surface area (Å²) < 4.78 is 41.0. The van der Waals surface area contributed by atoms with Gasteiger partial charge in [0.15, 0.2) is 11.6 Å². The minimum Gasteiger partial charge on any atom is -0.483 e. The Labute approximate surface area is 220 Å². The number of alkyl halides is 2. The highest BCUT2D eigenvalue weighted by atomic mass is 19.3. The van der Waals surface area contributed by atoms with Gasteiger partial charge in [0.25, 0.3) is 6.43 Å². The van der Waals surface area contributed by atoms with Gasteiger partial charge in [0.1, 0.15) is 35.8 Å². The molecular formula is C26H21F2N9O2. The minimum atomic E-state index is -2.75. The zero-order valence-corrected chi connectivity index (χ0v) is 20.8. The summed E-state index contributed by atoms with van der Waals surface area (Å²) in [5, 5.41) is 25.1. The van der Waals surface area contributed by atoms with Crippen LogP contribution in [0.1, 0.15) is 29.1 Å². The predicted octanol–water partition coefficient (Wildman–Crippen LogP) is 4.34. The molecule has 1 aliphatic rings. The average Bonchev–Trinajstić information content (AvgIpc) is 3.50. The molecule has 6 rings (SSSR count). The van der Waals surface area contributed by atoms with Crippen molar-refractivity contribution in [2.45, 2.75) is 26.4 Å². The molecule has 0 bridgehead atoms. The second-order valence-electron chi connectivity index (χ2n) is 8.99. The largest absolute Gasteiger partial charge is 0.483 e. The Bertz CT molecular complexity index is 1720. The molecule has 13 heteroatoms. The van der Waals surface area contributed by atoms with Crippen LogP contribution in [0, 0.1) is 25.2 Å². The van der Waals surface area contributed by atoms with Crippen molar-refractivity contribution in [1.82, 2.24) is 34.5 Å². The summed E-state index contributed by atoms with van der Waals surface area (Å²) in [4.78, 5) is 9.15. The SMILES string of the molecule is Cc1ccc(Nc2cc3ncn(-c4ccc(C#N)c(-n5nc(C(F)F)cc5C)n4)c3cc2OC2COC2)nn1. The van der Waals surface area contributed by atoms with Gasteiger partial charge in [-0.2, -0.15) is 15.5 Å². The third-order valence-corrected chi connectivity index (χ3v) is 6.17. The zero-order valence-electron chi connectivity index (χ0n) is 20.8. The molecule has 5 heterocycles. The van der Waals surface area contributed by atoms with E-state index < -0.39 is 12.1 Å². The molecule has 4 aromatic heterocycles. The number of pyridine rings is 1. The molecule has 39 heavy (non-hydrogen) atoms. The first-order valence-electron chi connectivity index (χ1n) is 12.0. The van der Waals surface area contributed by atoms with E-state index in [4.69, 9.17) is 9.47 Å². The van der Waals surface area contributed by atoms with Crippen LogP contribution < -0.4 is 10.1 Å². The fourth-order valence-corrected chi connectivity index (χ4v) is 4.12. The van der Waals surface area contributed by atoms with E-state index >= 15 is 0 Å². The molecule has 0 amide bonds. The second-order valence-corrected chi connectivity index (χ2v) is 8.99. The molecular weight excluding hydrogens is 508 g/mol. The number of hydrogen-bond donors (Lipinski definition) is 1. The van der Waals surface area contributed by atoms with Crippen LogP contribution in [-0.4, -0.2) is 53.8 Å². The fraction of sp³-hybridized carbons (Fsp3) is 0.231. The lowest BCUT2D eigenvalue weighted by Gasteiger charge is -2.27. The van der Waals surface area contributed by atoms with E-state index in [-0.39, 0.29) is 17.5 Å². The second kappa shape index (κ2) is 9.73. The van der Waals surface area contributed by atoms with E-state index in [1.165, 1.54) is 10.7 Å². The number of anilines is 2. The van der Waals surface area contributed by atoms with Gasteiger partial charge in [0.05, 0.1) is 41.2 Å². The van der Waals surface area contributed by atoms with Crippen LogP contribution in [0.15, 0.2) is 48.8 Å². The van der Waals surface area contributed by atoms with Gasteiger partial charge in [-0.05, 0) is 50.2 Å². The number of nitriles is 1. The van der Waals surface area contributed by atoms with Gasteiger partial charge in [-0.3, -0.25) is 4.57 Å². The number of hydrogen-bond acceptors (Lipinski definition) is 9. The maximum absolute atomic E-state index is 13.3. The summed E-state index contributed by atoms with van der Waals surface area (Å²) in [6.45, 7) is 4.44. The lowest BCUT2D eigenvalue weighted by molar-refractivity contribution is -0.0793. The van der Waals surface area contributed by atoms with Gasteiger partial charge < -0.3 is 14.8 Å². The predicted molar refractivity (Wildman–Crippen MR) is 136 cm³/mol. The Hall–Kier alpha value is -4.96. The minimum absolute atomic E-state index is 0.102. The number of aryl methyl sites for hydroxylation is 2. The van der Waals surface area contributed by atoms with Crippen molar-refractivity contribution in [2.24, 2.45) is 0 Å². The first-order chi connectivity index (χ1) is 18.9. The molecule has 1 aromatic carbocycles. The van der Waals surface area contributed by atoms with Gasteiger partial charge in [-0.15, -0.1) is 5.10 Å². The Morgan fingerprint density at radius 3 is 2.64 bits per heavy atom. The van der Waals surface area contributed by atoms with E-state index in [1.54, 1.807) is 30.0 Å². The smallest absolute Gasteiger partial charge is 0.282 e. The number of rotatable bonds is 7. The van der Waals surface area contributed by atoms with E-state index in [0.717, 1.165) is 5.69 Å². The average molecular weight is 530 g/mol. The van der Waals surface area contributed by atoms with Gasteiger partial charge in [-0.25, -0.2) is 23.4 Å². The highest BCUT2D eigenvalue weighted by Gasteiger charge is 2.23. The van der Waals surface area contributed by atoms with Crippen LogP contribution in [0.4, 0.5) is 20.3 Å². The topological polar surface area (TPSA) is 129 Å². The summed E-state index contributed by atoms with van der Waals surface area (Å²) >= 11 is 0. The van der Waals surface area contributed by atoms with Crippen LogP contribution in [0.3, 0.4) is 0 Å². The summed E-state index contributed by atoms with van der Waals surface area (Å²) in [7, 11) is 0. The van der Waals surface area contributed by atoms with Crippen molar-refractivity contribution in [1.29, 1.82) is 5.26 Å². The number of ether oxygens (including phenoxy) is 2. The van der Waals surface area contributed by atoms with Crippen molar-refractivity contribution in [3.63, 3.8) is 0 Å². The molecule has 0 radical (unpaired) electrons. The van der Waals surface area contributed by atoms with E-state index in [9.17, 15) is 14.0 Å². The highest BCUT2D eigenvalue weighted by molar-refractivity contribution is 5.86. The number of halogens is 2. The van der Waals surface area contributed by atoms with Crippen LogP contribution in [0.25, 0.3) is 22.7 Å². The Balaban J connectivity index is 1.44. The molecule has 0 spiro atoms. The van der Waals surface area contributed by atoms with Crippen molar-refractivity contribution < 1.29 is 18.3 Å². The molecule has 1 fully saturated rings. The molecule has 5 aromatic rings. The Morgan fingerprint density at radius 2 is 1.97 bits per heavy atom. The normalized spacial score (nSPS) is 13.4. The van der Waals surface area contributed by atoms with Gasteiger partial charge in [0, 0.05) is 11.8 Å². The summed E-state index contributed by atoms with van der Waals surface area (Å²) in [6.07, 6.45) is -1.26. The van der Waals surface area contributed by atoms with Gasteiger partial charge >= 0.3 is 0 Å². The summed E-state index contributed by atoms with van der Waals surface area (Å²) in [6, 6.07) is 13.9. The Kier molecular flexibility index (Phi) is 6.08. The van der Waals surface area contributed by atoms with Crippen LogP contribution in [0.5, 0.6) is 5.75 Å². The summed E-state index contributed by atoms with van der Waals surface area (Å²) in [5.74, 6) is 1.66. The van der Waals surface area contributed by atoms with Crippen LogP contribution in [0.2, 0.25) is 0 Å². The molecule has 0 unspecified atom stereocenters. The molecule has 1 aliphatic heterocycles. The number of fused-ring (bicyclic) bond motifs is 1. The molecule has 0 saturated carbocycles. The maximum Gasteiger partial charge on any atom is 0.282 e. The zero-order chi connectivity index (χ0) is 27.1. The number of nitrogens with zero attached hydrogens (tertiary/aromatic N) is 8. The van der Waals surface area contributed by atoms with Gasteiger partial charge in [-0.1, -0.05) is 0 Å². The quantitative estimate of drug-likeness (QED) is 0.327. The molecule has 11 nitrogen and oxygen atoms in total. The fourth-order valence-electron chi connectivity index (χ4n) is 4.12. The number of benzene rings is 1. The first kappa shape index (κ1) is 24.4. The van der Waals surface area contributed by atoms with Crippen LogP contribution >= 0.6 is 0 Å². The van der Waals surface area contributed by atoms with Crippen molar-refractivity contribution >= 4 is 22.5 Å². The van der Waals surface area contributed by atoms with E-state index in [2.05, 4.69) is 36.7 Å². The number of imidazole rings is 1. The summed E-state index contributed by atoms with van der Waals surface area (Å²) in [5.41, 5.74) is 2.99. The van der Waals surface area contributed by atoms with Gasteiger partial charge in [0.2, 0.25) is 0 Å². The van der Waals surface area contributed by atoms with E-state index in [1.807, 2.05) is 31.2 Å². The highest BCUT2D eigenvalue weighted by Crippen LogP contribution is 2.34. The monoisotopic (exact) mass is 529 g/mol. The number of aromatic nitrogens is 7. The standard InChI is InChI=1S/C26H21F2N9O2/c1-14-3-5-23(34-33-14)31-19-8-18-21(9-22(19)39-17-11-38-12-17)36(13-30-18)24-6-4-16(10-29)26(32-24)37-15(2)7-20(35-37)25(27)28/h3-9,13,17,25H,11-12H2,1-2H3,(H,31,34). The van der Waals surface area contributed by atoms with Crippen molar-refractivity contribution in [3.05, 3.63) is 71.4 Å². The van der Waals surface area contributed by atoms with Crippen LogP contribution in [-0.2, 0) is 4.74 Å². The maximum atomic E-state index is 13.3. The van der Waals surface area contributed by atoms with Crippen molar-refractivity contribution in [3.8, 4) is 23.5 Å². The molecule has 0 atom stereocenters. The third kappa shape index (κ3) is 4.62. The molecule has 1 saturated heterocycles. The lowest BCUT2D eigenvalue weighted by Crippen LogP contribution is -2.38. The molecule has 0 aliphatic carbocycles. The first-order valence-corrected chi connectivity index (χ1v) is 12.0. The van der Waals surface area contributed by atoms with E-state index in [0.29, 0.717) is 53.0 Å². The Morgan fingerprint density at radius 1 is 1.13 bits per heavy atom. The molecule has 1 N–H and O–H groups in total. The molecule has 196 valence electrons. The number of nitrogens with one attached hydrogen (secondary N) is 1. The third-order valence-electron chi connectivity index (χ3n) is 6.17. The lowest BCUT2D eigenvalue weighted by atomic mass is 10.2.